The highest BCUT2D eigenvalue weighted by Gasteiger charge is 2.48. The first-order chi connectivity index (χ1) is 22.6. The number of carbonyl (C=O) groups excluding carboxylic acids is 1. The second kappa shape index (κ2) is 16.8. The Kier molecular flexibility index (Phi) is 12.6. The lowest BCUT2D eigenvalue weighted by Gasteiger charge is -2.48. The summed E-state index contributed by atoms with van der Waals surface area (Å²) in [7, 11) is 0. The standard InChI is InChI=1S/C37H44FN3O6/c1-3-26(12-8-24(2)6-4-7-31(36(44)45)37(46)47)34-30(19-20-32(42)27-13-15-28(38)16-14-27)35(43)41(34)29-17-9-25(10-18-29)11-21-33-39-22-5-23-40-33/h3,8-10,12-18,30-32,34,42H,2,4-7,11,19-23H2,1H3,(H,39,40)(H,44,45)(H,46,47)/b12-8-,26-3+/t30-,32+,34-/m1/s1. The average molecular weight is 646 g/mol. The fraction of sp³-hybridized carbons (Fsp3) is 0.405. The smallest absolute Gasteiger partial charge is 0.317 e. The van der Waals surface area contributed by atoms with Gasteiger partial charge < -0.3 is 25.5 Å². The molecule has 2 aliphatic heterocycles. The number of carboxylic acid groups (broad SMARTS) is 2. The zero-order chi connectivity index (χ0) is 33.9. The molecule has 0 radical (unpaired) electrons. The van der Waals surface area contributed by atoms with E-state index in [0.29, 0.717) is 36.8 Å². The van der Waals surface area contributed by atoms with Gasteiger partial charge in [0.2, 0.25) is 5.91 Å². The lowest BCUT2D eigenvalue weighted by Crippen LogP contribution is -2.62. The molecule has 2 aliphatic rings. The molecule has 250 valence electrons. The Morgan fingerprint density at radius 2 is 1.77 bits per heavy atom. The number of carboxylic acids is 2. The number of aliphatic imine (C=N–C) groups is 1. The topological polar surface area (TPSA) is 140 Å². The summed E-state index contributed by atoms with van der Waals surface area (Å²) in [6.07, 6.45) is 9.04. The number of carbonyl (C=O) groups is 3. The molecule has 10 heteroatoms. The SMILES string of the molecule is C=C(/C=C\C(=C/C)[C@@H]1[C@@H](CC[C@H](O)c2ccc(F)cc2)C(=O)N1c1ccc(CCC2=NCCCN2)cc1)CCCC(C(=O)O)C(=O)O. The molecule has 9 nitrogen and oxygen atoms in total. The van der Waals surface area contributed by atoms with Gasteiger partial charge in [-0.15, -0.1) is 0 Å². The fourth-order valence-corrected chi connectivity index (χ4v) is 6.07. The lowest BCUT2D eigenvalue weighted by molar-refractivity contribution is -0.154. The van der Waals surface area contributed by atoms with Crippen LogP contribution in [0.5, 0.6) is 0 Å². The van der Waals surface area contributed by atoms with E-state index < -0.39 is 29.9 Å². The summed E-state index contributed by atoms with van der Waals surface area (Å²) in [6.45, 7) is 7.75. The van der Waals surface area contributed by atoms with Crippen molar-refractivity contribution in [3.63, 3.8) is 0 Å². The van der Waals surface area contributed by atoms with Crippen LogP contribution in [0.2, 0.25) is 0 Å². The molecule has 0 spiro atoms. The zero-order valence-corrected chi connectivity index (χ0v) is 26.8. The summed E-state index contributed by atoms with van der Waals surface area (Å²) in [6, 6.07) is 13.4. The number of aliphatic carboxylic acids is 2. The van der Waals surface area contributed by atoms with Crippen LogP contribution >= 0.6 is 0 Å². The molecule has 0 aromatic heterocycles. The number of aryl methyl sites for hydroxylation is 1. The first kappa shape index (κ1) is 35.3. The lowest BCUT2D eigenvalue weighted by atomic mass is 9.77. The number of nitrogens with one attached hydrogen (secondary N) is 1. The number of benzene rings is 2. The third-order valence-electron chi connectivity index (χ3n) is 8.82. The number of allylic oxidation sites excluding steroid dienone is 3. The minimum absolute atomic E-state index is 0.00200. The number of hydrogen-bond donors (Lipinski definition) is 4. The van der Waals surface area contributed by atoms with E-state index in [-0.39, 0.29) is 24.2 Å². The van der Waals surface area contributed by atoms with E-state index in [1.807, 2.05) is 49.4 Å². The van der Waals surface area contributed by atoms with E-state index in [1.54, 1.807) is 17.0 Å². The van der Waals surface area contributed by atoms with E-state index in [0.717, 1.165) is 55.0 Å². The summed E-state index contributed by atoms with van der Waals surface area (Å²) >= 11 is 0. The van der Waals surface area contributed by atoms with Crippen LogP contribution in [0, 0.1) is 17.7 Å². The number of amidine groups is 1. The molecule has 2 heterocycles. The van der Waals surface area contributed by atoms with Crippen LogP contribution in [0.4, 0.5) is 10.1 Å². The largest absolute Gasteiger partial charge is 0.481 e. The Bertz CT molecular complexity index is 1500. The Morgan fingerprint density at radius 1 is 1.06 bits per heavy atom. The summed E-state index contributed by atoms with van der Waals surface area (Å²) in [5.41, 5.74) is 4.09. The molecule has 4 rings (SSSR count). The Hall–Kier alpha value is -4.57. The number of aliphatic hydroxyl groups is 1. The van der Waals surface area contributed by atoms with Crippen molar-refractivity contribution in [2.45, 2.75) is 70.4 Å². The van der Waals surface area contributed by atoms with Gasteiger partial charge in [0.1, 0.15) is 5.82 Å². The minimum Gasteiger partial charge on any atom is -0.481 e. The number of amides is 1. The van der Waals surface area contributed by atoms with Crippen molar-refractivity contribution in [1.29, 1.82) is 0 Å². The highest BCUT2D eigenvalue weighted by atomic mass is 19.1. The number of β-lactam (4-membered cyclic amide) rings is 1. The molecule has 2 aromatic carbocycles. The number of nitrogens with zero attached hydrogens (tertiary/aromatic N) is 2. The van der Waals surface area contributed by atoms with Crippen molar-refractivity contribution in [1.82, 2.24) is 5.32 Å². The molecular formula is C37H44FN3O6. The van der Waals surface area contributed by atoms with Crippen molar-refractivity contribution in [2.75, 3.05) is 18.0 Å². The molecule has 1 fully saturated rings. The second-order valence-electron chi connectivity index (χ2n) is 12.1. The Labute approximate surface area is 275 Å². The van der Waals surface area contributed by atoms with Crippen LogP contribution in [0.3, 0.4) is 0 Å². The molecular weight excluding hydrogens is 601 g/mol. The number of halogens is 1. The monoisotopic (exact) mass is 645 g/mol. The van der Waals surface area contributed by atoms with Crippen LogP contribution in [0.1, 0.15) is 69.1 Å². The highest BCUT2D eigenvalue weighted by Crippen LogP contribution is 2.41. The van der Waals surface area contributed by atoms with Gasteiger partial charge in [-0.1, -0.05) is 54.6 Å². The minimum atomic E-state index is -1.46. The van der Waals surface area contributed by atoms with Gasteiger partial charge in [0, 0.05) is 25.2 Å². The third kappa shape index (κ3) is 9.48. The summed E-state index contributed by atoms with van der Waals surface area (Å²) in [5, 5.41) is 32.4. The van der Waals surface area contributed by atoms with E-state index in [9.17, 15) is 23.9 Å². The number of anilines is 1. The summed E-state index contributed by atoms with van der Waals surface area (Å²) in [4.78, 5) is 42.4. The summed E-state index contributed by atoms with van der Waals surface area (Å²) < 4.78 is 13.4. The van der Waals surface area contributed by atoms with Crippen molar-refractivity contribution >= 4 is 29.4 Å². The third-order valence-corrected chi connectivity index (χ3v) is 8.82. The predicted octanol–water partition coefficient (Wildman–Crippen LogP) is 6.01. The maximum atomic E-state index is 13.7. The number of aliphatic hydroxyl groups excluding tert-OH is 1. The van der Waals surface area contributed by atoms with Crippen LogP contribution in [-0.2, 0) is 20.8 Å². The Balaban J connectivity index is 1.47. The Morgan fingerprint density at radius 3 is 2.38 bits per heavy atom. The van der Waals surface area contributed by atoms with Gasteiger partial charge in [0.15, 0.2) is 5.92 Å². The molecule has 0 unspecified atom stereocenters. The molecule has 3 atom stereocenters. The first-order valence-electron chi connectivity index (χ1n) is 16.2. The highest BCUT2D eigenvalue weighted by molar-refractivity contribution is 6.04. The van der Waals surface area contributed by atoms with Crippen LogP contribution < -0.4 is 10.2 Å². The van der Waals surface area contributed by atoms with Crippen molar-refractivity contribution in [3.8, 4) is 0 Å². The second-order valence-corrected chi connectivity index (χ2v) is 12.1. The van der Waals surface area contributed by atoms with Gasteiger partial charge in [0.25, 0.3) is 0 Å². The molecule has 0 saturated carbocycles. The maximum absolute atomic E-state index is 13.7. The van der Waals surface area contributed by atoms with Gasteiger partial charge >= 0.3 is 11.9 Å². The normalized spacial score (nSPS) is 18.9. The maximum Gasteiger partial charge on any atom is 0.317 e. The van der Waals surface area contributed by atoms with Crippen LogP contribution in [-0.4, -0.2) is 58.1 Å². The molecule has 0 bridgehead atoms. The molecule has 47 heavy (non-hydrogen) atoms. The zero-order valence-electron chi connectivity index (χ0n) is 26.8. The van der Waals surface area contributed by atoms with Gasteiger partial charge in [0.05, 0.1) is 23.9 Å². The molecule has 4 N–H and O–H groups in total. The van der Waals surface area contributed by atoms with Crippen LogP contribution in [0.15, 0.2) is 89.5 Å². The van der Waals surface area contributed by atoms with Gasteiger partial charge in [-0.05, 0) is 92.8 Å². The number of rotatable bonds is 17. The van der Waals surface area contributed by atoms with E-state index >= 15 is 0 Å². The van der Waals surface area contributed by atoms with Crippen LogP contribution in [0.25, 0.3) is 0 Å². The van der Waals surface area contributed by atoms with E-state index in [1.165, 1.54) is 12.1 Å². The molecule has 1 amide bonds. The van der Waals surface area contributed by atoms with Crippen molar-refractivity contribution in [2.24, 2.45) is 16.8 Å². The van der Waals surface area contributed by atoms with Gasteiger partial charge in [-0.3, -0.25) is 19.4 Å². The van der Waals surface area contributed by atoms with Gasteiger partial charge in [-0.25, -0.2) is 4.39 Å². The molecule has 2 aromatic rings. The average Bonchev–Trinajstić information content (AvgIpc) is 3.06. The molecule has 1 saturated heterocycles. The van der Waals surface area contributed by atoms with E-state index in [2.05, 4.69) is 16.9 Å². The first-order valence-corrected chi connectivity index (χ1v) is 16.2. The van der Waals surface area contributed by atoms with Crippen molar-refractivity contribution < 1.29 is 34.1 Å². The van der Waals surface area contributed by atoms with Crippen molar-refractivity contribution in [3.05, 3.63) is 101 Å². The van der Waals surface area contributed by atoms with Gasteiger partial charge in [-0.2, -0.15) is 0 Å². The predicted molar refractivity (Wildman–Crippen MR) is 180 cm³/mol. The summed E-state index contributed by atoms with van der Waals surface area (Å²) in [5.74, 6) is -3.97. The molecule has 0 aliphatic carbocycles. The number of hydrogen-bond acceptors (Lipinski definition) is 6. The quantitative estimate of drug-likeness (QED) is 0.0939. The fourth-order valence-electron chi connectivity index (χ4n) is 6.07. The van der Waals surface area contributed by atoms with E-state index in [4.69, 9.17) is 10.2 Å².